The molecule has 2 N–H and O–H groups in total. The summed E-state index contributed by atoms with van der Waals surface area (Å²) in [6.45, 7) is 6.08. The van der Waals surface area contributed by atoms with Gasteiger partial charge < -0.3 is 10.1 Å². The van der Waals surface area contributed by atoms with Crippen LogP contribution in [0, 0.1) is 12.7 Å². The number of aromatic nitrogens is 6. The van der Waals surface area contributed by atoms with E-state index in [0.29, 0.717) is 43.2 Å². The van der Waals surface area contributed by atoms with Crippen molar-refractivity contribution >= 4 is 32.5 Å². The molecule has 11 nitrogen and oxygen atoms in total. The average molecular weight is 487 g/mol. The van der Waals surface area contributed by atoms with Gasteiger partial charge in [-0.15, -0.1) is 0 Å². The number of hydrogen-bond donors (Lipinski definition) is 2. The number of anilines is 2. The van der Waals surface area contributed by atoms with Crippen molar-refractivity contribution in [3.63, 3.8) is 0 Å². The summed E-state index contributed by atoms with van der Waals surface area (Å²) in [5.41, 5.74) is 1.20. The molecule has 0 spiro atoms. The van der Waals surface area contributed by atoms with Crippen molar-refractivity contribution in [1.82, 2.24) is 34.8 Å². The molecular formula is C21H23FN8O3S. The van der Waals surface area contributed by atoms with Crippen LogP contribution in [-0.2, 0) is 21.1 Å². The molecule has 178 valence electrons. The molecule has 1 aliphatic rings. The van der Waals surface area contributed by atoms with E-state index in [2.05, 4.69) is 35.5 Å². The largest absolute Gasteiger partial charge is 0.379 e. The third-order valence-corrected chi connectivity index (χ3v) is 7.08. The summed E-state index contributed by atoms with van der Waals surface area (Å²) in [5, 5.41) is 14.6. The number of H-pyrrole nitrogens is 1. The van der Waals surface area contributed by atoms with Crippen molar-refractivity contribution in [2.75, 3.05) is 38.2 Å². The van der Waals surface area contributed by atoms with Gasteiger partial charge in [0.25, 0.3) is 5.16 Å². The Balaban J connectivity index is 1.56. The van der Waals surface area contributed by atoms with Crippen molar-refractivity contribution in [3.05, 3.63) is 48.0 Å². The number of nitrogens with zero attached hydrogens (tertiary/aromatic N) is 6. The smallest absolute Gasteiger partial charge is 0.256 e. The molecule has 5 rings (SSSR count). The molecule has 1 fully saturated rings. The molecule has 0 amide bonds. The summed E-state index contributed by atoms with van der Waals surface area (Å²) in [6, 6.07) is 6.33. The molecule has 0 radical (unpaired) electrons. The number of aryl methyl sites for hydroxylation is 1. The molecule has 34 heavy (non-hydrogen) atoms. The molecule has 0 atom stereocenters. The lowest BCUT2D eigenvalue weighted by Crippen LogP contribution is -2.38. The van der Waals surface area contributed by atoms with E-state index in [1.54, 1.807) is 16.9 Å². The minimum atomic E-state index is -4.11. The Bertz CT molecular complexity index is 1410. The van der Waals surface area contributed by atoms with Crippen molar-refractivity contribution < 1.29 is 17.5 Å². The van der Waals surface area contributed by atoms with Gasteiger partial charge in [0.1, 0.15) is 11.6 Å². The first-order valence-electron chi connectivity index (χ1n) is 10.7. The molecule has 3 aromatic heterocycles. The van der Waals surface area contributed by atoms with E-state index >= 15 is 0 Å². The van der Waals surface area contributed by atoms with Gasteiger partial charge >= 0.3 is 0 Å². The normalized spacial score (nSPS) is 15.1. The third-order valence-electron chi connectivity index (χ3n) is 5.52. The average Bonchev–Trinajstić information content (AvgIpc) is 3.44. The summed E-state index contributed by atoms with van der Waals surface area (Å²) < 4.78 is 47.0. The van der Waals surface area contributed by atoms with E-state index < -0.39 is 20.8 Å². The fourth-order valence-electron chi connectivity index (χ4n) is 3.70. The van der Waals surface area contributed by atoms with Gasteiger partial charge in [0.05, 0.1) is 36.2 Å². The summed E-state index contributed by atoms with van der Waals surface area (Å²) in [5.74, 6) is 0.200. The second-order valence-electron chi connectivity index (χ2n) is 7.93. The fraction of sp³-hybridized carbons (Fsp3) is 0.333. The standard InChI is InChI=1S/C21H23FN8O3S/c1-14-12-18(28-27-14)24-19-17-13-23-30(7-6-29-8-10-33-11-9-29)20(17)26-21(25-19)34(31,32)16-4-2-15(22)3-5-16/h2-5,12-13H,6-11H2,1H3,(H2,24,25,26,27,28). The van der Waals surface area contributed by atoms with Gasteiger partial charge in [-0.3, -0.25) is 10.00 Å². The molecule has 0 saturated carbocycles. The van der Waals surface area contributed by atoms with Crippen molar-refractivity contribution in [1.29, 1.82) is 0 Å². The van der Waals surface area contributed by atoms with Crippen LogP contribution in [0.25, 0.3) is 11.0 Å². The highest BCUT2D eigenvalue weighted by Crippen LogP contribution is 2.27. The first-order chi connectivity index (χ1) is 16.4. The Morgan fingerprint density at radius 1 is 1.15 bits per heavy atom. The van der Waals surface area contributed by atoms with Gasteiger partial charge in [0.2, 0.25) is 9.84 Å². The van der Waals surface area contributed by atoms with Crippen LogP contribution >= 0.6 is 0 Å². The van der Waals surface area contributed by atoms with Gasteiger partial charge in [0, 0.05) is 31.4 Å². The highest BCUT2D eigenvalue weighted by Gasteiger charge is 2.25. The number of nitrogens with one attached hydrogen (secondary N) is 2. The number of benzene rings is 1. The predicted molar refractivity (Wildman–Crippen MR) is 121 cm³/mol. The monoisotopic (exact) mass is 486 g/mol. The highest BCUT2D eigenvalue weighted by atomic mass is 32.2. The summed E-state index contributed by atoms with van der Waals surface area (Å²) in [6.07, 6.45) is 1.60. The van der Waals surface area contributed by atoms with E-state index in [0.717, 1.165) is 30.9 Å². The maximum Gasteiger partial charge on any atom is 0.256 e. The van der Waals surface area contributed by atoms with Gasteiger partial charge in [-0.1, -0.05) is 0 Å². The maximum atomic E-state index is 13.4. The maximum absolute atomic E-state index is 13.4. The van der Waals surface area contributed by atoms with Crippen LogP contribution in [0.2, 0.25) is 0 Å². The van der Waals surface area contributed by atoms with Crippen LogP contribution in [-0.4, -0.2) is 76.1 Å². The minimum absolute atomic E-state index is 0.103. The number of halogens is 1. The lowest BCUT2D eigenvalue weighted by atomic mass is 10.3. The number of ether oxygens (including phenoxy) is 1. The third kappa shape index (κ3) is 4.49. The number of aromatic amines is 1. The molecule has 0 aliphatic carbocycles. The topological polar surface area (TPSA) is 131 Å². The molecule has 1 aromatic carbocycles. The van der Waals surface area contributed by atoms with Crippen LogP contribution in [0.1, 0.15) is 5.69 Å². The van der Waals surface area contributed by atoms with E-state index in [1.165, 1.54) is 12.1 Å². The molecule has 1 aliphatic heterocycles. The predicted octanol–water partition coefficient (Wildman–Crippen LogP) is 1.91. The first kappa shape index (κ1) is 22.4. The zero-order chi connectivity index (χ0) is 23.7. The molecule has 1 saturated heterocycles. The minimum Gasteiger partial charge on any atom is -0.379 e. The van der Waals surface area contributed by atoms with Crippen LogP contribution < -0.4 is 5.32 Å². The van der Waals surface area contributed by atoms with Gasteiger partial charge in [-0.2, -0.15) is 20.2 Å². The van der Waals surface area contributed by atoms with E-state index in [-0.39, 0.29) is 10.7 Å². The Kier molecular flexibility index (Phi) is 5.98. The summed E-state index contributed by atoms with van der Waals surface area (Å²) in [4.78, 5) is 10.8. The zero-order valence-corrected chi connectivity index (χ0v) is 19.2. The van der Waals surface area contributed by atoms with Crippen LogP contribution in [0.4, 0.5) is 16.0 Å². The zero-order valence-electron chi connectivity index (χ0n) is 18.4. The lowest BCUT2D eigenvalue weighted by molar-refractivity contribution is 0.0361. The quantitative estimate of drug-likeness (QED) is 0.297. The summed E-state index contributed by atoms with van der Waals surface area (Å²) in [7, 11) is -4.11. The summed E-state index contributed by atoms with van der Waals surface area (Å²) >= 11 is 0. The fourth-order valence-corrected chi connectivity index (χ4v) is 4.82. The Labute approximate surface area is 194 Å². The van der Waals surface area contributed by atoms with Gasteiger partial charge in [-0.05, 0) is 31.2 Å². The number of sulfone groups is 1. The van der Waals surface area contributed by atoms with E-state index in [4.69, 9.17) is 4.74 Å². The molecule has 4 aromatic rings. The first-order valence-corrected chi connectivity index (χ1v) is 12.2. The number of morpholine rings is 1. The SMILES string of the molecule is Cc1cc(Nc2nc(S(=O)(=O)c3ccc(F)cc3)nc3c2cnn3CCN2CCOCC2)n[nH]1. The number of rotatable bonds is 7. The molecule has 0 bridgehead atoms. The number of hydrogen-bond acceptors (Lipinski definition) is 9. The van der Waals surface area contributed by atoms with Crippen LogP contribution in [0.5, 0.6) is 0 Å². The van der Waals surface area contributed by atoms with Gasteiger partial charge in [0.15, 0.2) is 11.5 Å². The van der Waals surface area contributed by atoms with Crippen LogP contribution in [0.3, 0.4) is 0 Å². The Morgan fingerprint density at radius 2 is 1.91 bits per heavy atom. The lowest BCUT2D eigenvalue weighted by Gasteiger charge is -2.26. The van der Waals surface area contributed by atoms with Gasteiger partial charge in [-0.25, -0.2) is 17.5 Å². The second-order valence-corrected chi connectivity index (χ2v) is 9.78. The van der Waals surface area contributed by atoms with Crippen molar-refractivity contribution in [3.8, 4) is 0 Å². The molecule has 13 heteroatoms. The Hall–Kier alpha value is -3.42. The van der Waals surface area contributed by atoms with E-state index in [9.17, 15) is 12.8 Å². The van der Waals surface area contributed by atoms with E-state index in [1.807, 2.05) is 6.92 Å². The number of fused-ring (bicyclic) bond motifs is 1. The molecule has 4 heterocycles. The van der Waals surface area contributed by atoms with Crippen molar-refractivity contribution in [2.45, 2.75) is 23.5 Å². The molecule has 0 unspecified atom stereocenters. The Morgan fingerprint density at radius 3 is 2.62 bits per heavy atom. The highest BCUT2D eigenvalue weighted by molar-refractivity contribution is 7.91. The second kappa shape index (κ2) is 9.08. The van der Waals surface area contributed by atoms with Crippen LogP contribution in [0.15, 0.2) is 46.6 Å². The molecular weight excluding hydrogens is 463 g/mol. The van der Waals surface area contributed by atoms with Crippen molar-refractivity contribution in [2.24, 2.45) is 0 Å².